The fourth-order valence-electron chi connectivity index (χ4n) is 1.37. The van der Waals surface area contributed by atoms with Gasteiger partial charge in [-0.25, -0.2) is 9.97 Å². The van der Waals surface area contributed by atoms with Crippen molar-refractivity contribution in [3.63, 3.8) is 0 Å². The normalized spacial score (nSPS) is 12.9. The highest BCUT2D eigenvalue weighted by Gasteiger charge is 2.34. The third kappa shape index (κ3) is 2.49. The van der Waals surface area contributed by atoms with E-state index in [1.807, 2.05) is 0 Å². The first kappa shape index (κ1) is 13.3. The van der Waals surface area contributed by atoms with E-state index in [0.29, 0.717) is 0 Å². The Morgan fingerprint density at radius 2 is 1.11 bits per heavy atom. The van der Waals surface area contributed by atoms with E-state index in [4.69, 9.17) is 19.6 Å². The summed E-state index contributed by atoms with van der Waals surface area (Å²) in [6, 6.07) is 6.01. The van der Waals surface area contributed by atoms with Gasteiger partial charge < -0.3 is 19.6 Å². The second-order valence-corrected chi connectivity index (χ2v) is 6.47. The third-order valence-electron chi connectivity index (χ3n) is 2.09. The Morgan fingerprint density at radius 1 is 0.778 bits per heavy atom. The smallest absolute Gasteiger partial charge is 0.320 e. The first-order valence-electron chi connectivity index (χ1n) is 4.58. The van der Waals surface area contributed by atoms with Crippen molar-refractivity contribution in [2.75, 3.05) is 0 Å². The van der Waals surface area contributed by atoms with Crippen LogP contribution in [-0.4, -0.2) is 29.5 Å². The predicted molar refractivity (Wildman–Crippen MR) is 62.9 cm³/mol. The maximum atomic E-state index is 11.2. The Hall–Kier alpha value is -1.14. The van der Waals surface area contributed by atoms with Gasteiger partial charge in [0.15, 0.2) is 10.9 Å². The van der Waals surface area contributed by atoms with Crippen LogP contribution in [0.2, 0.25) is 0 Å². The molecule has 96 valence electrons. The molecule has 0 aliphatic carbocycles. The second kappa shape index (κ2) is 4.20. The highest BCUT2D eigenvalue weighted by molar-refractivity contribution is 7.66. The van der Waals surface area contributed by atoms with Crippen LogP contribution in [-0.2, 0) is 9.13 Å². The lowest BCUT2D eigenvalue weighted by Gasteiger charge is -2.11. The molecule has 0 fully saturated rings. The molecule has 0 aliphatic rings. The predicted octanol–water partition coefficient (Wildman–Crippen LogP) is -0.764. The standard InChI is InChI=1S/C8H8N2O6P2/c11-17(12,13)7-8(18(14,15)16)10-6-4-2-1-3-5(6)9-7/h1-4H,(H2,11,12,13)(H2,14,15,16). The zero-order valence-corrected chi connectivity index (χ0v) is 10.5. The van der Waals surface area contributed by atoms with Gasteiger partial charge in [0.2, 0.25) is 0 Å². The second-order valence-electron chi connectivity index (χ2n) is 3.45. The molecule has 10 heteroatoms. The lowest BCUT2D eigenvalue weighted by atomic mass is 10.3. The molecule has 2 aromatic rings. The van der Waals surface area contributed by atoms with Crippen LogP contribution in [0.15, 0.2) is 24.3 Å². The van der Waals surface area contributed by atoms with Crippen LogP contribution in [0.4, 0.5) is 0 Å². The van der Waals surface area contributed by atoms with E-state index in [1.165, 1.54) is 12.1 Å². The first-order valence-corrected chi connectivity index (χ1v) is 7.81. The molecule has 0 saturated carbocycles. The number of benzene rings is 1. The fraction of sp³-hybridized carbons (Fsp3) is 0. The van der Waals surface area contributed by atoms with E-state index >= 15 is 0 Å². The lowest BCUT2D eigenvalue weighted by Crippen LogP contribution is -2.31. The SMILES string of the molecule is O=P(O)(O)c1nc2ccccc2nc1P(=O)(O)O. The van der Waals surface area contributed by atoms with Crippen molar-refractivity contribution < 1.29 is 28.7 Å². The molecule has 4 N–H and O–H groups in total. The minimum absolute atomic E-state index is 0.146. The van der Waals surface area contributed by atoms with Gasteiger partial charge in [-0.2, -0.15) is 0 Å². The molecular formula is C8H8N2O6P2. The molecule has 1 heterocycles. The summed E-state index contributed by atoms with van der Waals surface area (Å²) in [6.45, 7) is 0. The average Bonchev–Trinajstić information content (AvgIpc) is 2.25. The topological polar surface area (TPSA) is 141 Å². The van der Waals surface area contributed by atoms with Gasteiger partial charge in [0, 0.05) is 0 Å². The third-order valence-corrected chi connectivity index (χ3v) is 3.99. The summed E-state index contributed by atoms with van der Waals surface area (Å²) in [5, 5.41) is 0. The summed E-state index contributed by atoms with van der Waals surface area (Å²) in [5.74, 6) is 0. The molecule has 0 aliphatic heterocycles. The van der Waals surface area contributed by atoms with Gasteiger partial charge in [0.25, 0.3) is 0 Å². The maximum absolute atomic E-state index is 11.2. The number of hydrogen-bond donors (Lipinski definition) is 4. The van der Waals surface area contributed by atoms with Crippen LogP contribution in [0.25, 0.3) is 11.0 Å². The van der Waals surface area contributed by atoms with E-state index < -0.39 is 26.1 Å². The van der Waals surface area contributed by atoms with Crippen molar-refractivity contribution >= 4 is 37.1 Å². The van der Waals surface area contributed by atoms with Crippen molar-refractivity contribution in [2.45, 2.75) is 0 Å². The number of nitrogens with zero attached hydrogens (tertiary/aromatic N) is 2. The summed E-state index contributed by atoms with van der Waals surface area (Å²) in [5.41, 5.74) is -1.69. The minimum Gasteiger partial charge on any atom is -0.320 e. The number of para-hydroxylation sites is 2. The molecule has 0 amide bonds. The molecule has 1 aromatic carbocycles. The van der Waals surface area contributed by atoms with Crippen LogP contribution in [0.1, 0.15) is 0 Å². The van der Waals surface area contributed by atoms with Crippen LogP contribution in [0.5, 0.6) is 0 Å². The maximum Gasteiger partial charge on any atom is 0.377 e. The van der Waals surface area contributed by atoms with E-state index in [2.05, 4.69) is 9.97 Å². The monoisotopic (exact) mass is 290 g/mol. The van der Waals surface area contributed by atoms with E-state index in [0.717, 1.165) is 0 Å². The molecule has 8 nitrogen and oxygen atoms in total. The first-order chi connectivity index (χ1) is 8.19. The molecule has 0 saturated heterocycles. The number of hydrogen-bond acceptors (Lipinski definition) is 4. The zero-order valence-electron chi connectivity index (χ0n) is 8.70. The Kier molecular flexibility index (Phi) is 3.11. The molecule has 0 bridgehead atoms. The van der Waals surface area contributed by atoms with Gasteiger partial charge in [-0.1, -0.05) is 12.1 Å². The Bertz CT molecular complexity index is 645. The molecule has 18 heavy (non-hydrogen) atoms. The summed E-state index contributed by atoms with van der Waals surface area (Å²) >= 11 is 0. The molecule has 0 spiro atoms. The van der Waals surface area contributed by atoms with Gasteiger partial charge in [-0.3, -0.25) is 9.13 Å². The number of aromatic nitrogens is 2. The number of rotatable bonds is 2. The van der Waals surface area contributed by atoms with E-state index in [-0.39, 0.29) is 11.0 Å². The Balaban J connectivity index is 2.90. The Morgan fingerprint density at radius 3 is 1.39 bits per heavy atom. The van der Waals surface area contributed by atoms with E-state index in [9.17, 15) is 9.13 Å². The summed E-state index contributed by atoms with van der Waals surface area (Å²) < 4.78 is 22.4. The van der Waals surface area contributed by atoms with Crippen LogP contribution in [0.3, 0.4) is 0 Å². The average molecular weight is 290 g/mol. The highest BCUT2D eigenvalue weighted by atomic mass is 31.2. The van der Waals surface area contributed by atoms with Gasteiger partial charge in [0.05, 0.1) is 11.0 Å². The van der Waals surface area contributed by atoms with Crippen molar-refractivity contribution in [3.8, 4) is 0 Å². The Labute approximate surface area is 101 Å². The van der Waals surface area contributed by atoms with Crippen molar-refractivity contribution in [1.82, 2.24) is 9.97 Å². The fourth-order valence-corrected chi connectivity index (χ4v) is 3.25. The minimum atomic E-state index is -4.92. The van der Waals surface area contributed by atoms with Crippen LogP contribution in [0, 0.1) is 0 Å². The zero-order chi connectivity index (χ0) is 13.6. The summed E-state index contributed by atoms with van der Waals surface area (Å²) in [7, 11) is -9.84. The largest absolute Gasteiger partial charge is 0.377 e. The van der Waals surface area contributed by atoms with Crippen molar-refractivity contribution in [3.05, 3.63) is 24.3 Å². The molecule has 0 atom stereocenters. The van der Waals surface area contributed by atoms with Gasteiger partial charge >= 0.3 is 15.2 Å². The summed E-state index contributed by atoms with van der Waals surface area (Å²) in [4.78, 5) is 43.4. The summed E-state index contributed by atoms with van der Waals surface area (Å²) in [6.07, 6.45) is 0. The molecular weight excluding hydrogens is 282 g/mol. The number of fused-ring (bicyclic) bond motifs is 1. The molecule has 1 aromatic heterocycles. The van der Waals surface area contributed by atoms with E-state index in [1.54, 1.807) is 12.1 Å². The molecule has 0 unspecified atom stereocenters. The van der Waals surface area contributed by atoms with Crippen molar-refractivity contribution in [2.24, 2.45) is 0 Å². The quantitative estimate of drug-likeness (QED) is 0.529. The molecule has 0 radical (unpaired) electrons. The van der Waals surface area contributed by atoms with Gasteiger partial charge in [-0.05, 0) is 12.1 Å². The van der Waals surface area contributed by atoms with Crippen molar-refractivity contribution in [1.29, 1.82) is 0 Å². The van der Waals surface area contributed by atoms with Gasteiger partial charge in [0.1, 0.15) is 0 Å². The molecule has 2 rings (SSSR count). The highest BCUT2D eigenvalue weighted by Crippen LogP contribution is 2.39. The lowest BCUT2D eigenvalue weighted by molar-refractivity contribution is 0.379. The van der Waals surface area contributed by atoms with Crippen LogP contribution < -0.4 is 10.9 Å². The van der Waals surface area contributed by atoms with Gasteiger partial charge in [-0.15, -0.1) is 0 Å². The van der Waals surface area contributed by atoms with Crippen LogP contribution >= 0.6 is 15.2 Å².